The smallest absolute Gasteiger partial charge is 0.255 e. The van der Waals surface area contributed by atoms with E-state index in [1.807, 2.05) is 55.5 Å². The van der Waals surface area contributed by atoms with Crippen molar-refractivity contribution in [2.45, 2.75) is 20.8 Å². The topological polar surface area (TPSA) is 51.2 Å². The van der Waals surface area contributed by atoms with Crippen LogP contribution in [0, 0.1) is 12.8 Å². The number of carbonyl (C=O) groups is 1. The number of amides is 1. The zero-order chi connectivity index (χ0) is 21.1. The Morgan fingerprint density at radius 1 is 1.07 bits per heavy atom. The minimum atomic E-state index is -0.158. The molecule has 1 amide bonds. The van der Waals surface area contributed by atoms with Crippen LogP contribution in [-0.2, 0) is 0 Å². The van der Waals surface area contributed by atoms with Gasteiger partial charge in [0.05, 0.1) is 16.8 Å². The first-order valence-corrected chi connectivity index (χ1v) is 10.8. The van der Waals surface area contributed by atoms with Crippen LogP contribution in [0.2, 0.25) is 0 Å². The third kappa shape index (κ3) is 4.52. The van der Waals surface area contributed by atoms with E-state index in [-0.39, 0.29) is 5.91 Å². The summed E-state index contributed by atoms with van der Waals surface area (Å²) in [6, 6.07) is 21.4. The first-order chi connectivity index (χ1) is 14.5. The van der Waals surface area contributed by atoms with Gasteiger partial charge in [0.15, 0.2) is 0 Å². The summed E-state index contributed by atoms with van der Waals surface area (Å²) >= 11 is 1.65. The van der Waals surface area contributed by atoms with E-state index in [0.717, 1.165) is 32.0 Å². The molecule has 4 aromatic rings. The zero-order valence-electron chi connectivity index (χ0n) is 17.3. The third-order valence-corrected chi connectivity index (χ3v) is 5.79. The second kappa shape index (κ2) is 8.67. The second-order valence-electron chi connectivity index (χ2n) is 7.70. The average Bonchev–Trinajstić information content (AvgIpc) is 3.18. The zero-order valence-corrected chi connectivity index (χ0v) is 18.1. The van der Waals surface area contributed by atoms with E-state index in [4.69, 9.17) is 9.72 Å². The van der Waals surface area contributed by atoms with Crippen molar-refractivity contribution in [3.8, 4) is 16.3 Å². The lowest BCUT2D eigenvalue weighted by Gasteiger charge is -2.12. The van der Waals surface area contributed by atoms with E-state index in [1.54, 1.807) is 23.5 Å². The number of hydrogen-bond donors (Lipinski definition) is 1. The number of para-hydroxylation sites is 1. The van der Waals surface area contributed by atoms with Crippen molar-refractivity contribution in [3.05, 3.63) is 77.9 Å². The molecule has 0 bridgehead atoms. The highest BCUT2D eigenvalue weighted by atomic mass is 32.1. The first kappa shape index (κ1) is 20.1. The van der Waals surface area contributed by atoms with Crippen LogP contribution >= 0.6 is 11.3 Å². The highest BCUT2D eigenvalue weighted by Gasteiger charge is 2.12. The number of ether oxygens (including phenoxy) is 1. The predicted molar refractivity (Wildman–Crippen MR) is 125 cm³/mol. The molecule has 4 rings (SSSR count). The summed E-state index contributed by atoms with van der Waals surface area (Å²) in [5, 5.41) is 3.99. The first-order valence-electron chi connectivity index (χ1n) is 10.0. The van der Waals surface area contributed by atoms with Crippen molar-refractivity contribution in [1.82, 2.24) is 4.98 Å². The van der Waals surface area contributed by atoms with Gasteiger partial charge in [-0.3, -0.25) is 4.79 Å². The molecule has 0 aliphatic carbocycles. The van der Waals surface area contributed by atoms with Crippen molar-refractivity contribution < 1.29 is 9.53 Å². The van der Waals surface area contributed by atoms with Crippen LogP contribution in [0.25, 0.3) is 20.8 Å². The Bertz CT molecular complexity index is 1160. The van der Waals surface area contributed by atoms with Gasteiger partial charge in [0.1, 0.15) is 10.8 Å². The molecule has 152 valence electrons. The summed E-state index contributed by atoms with van der Waals surface area (Å²) in [4.78, 5) is 17.6. The van der Waals surface area contributed by atoms with Gasteiger partial charge in [0.2, 0.25) is 0 Å². The monoisotopic (exact) mass is 416 g/mol. The number of anilines is 1. The van der Waals surface area contributed by atoms with Crippen LogP contribution in [-0.4, -0.2) is 17.5 Å². The summed E-state index contributed by atoms with van der Waals surface area (Å²) in [6.45, 7) is 6.80. The minimum Gasteiger partial charge on any atom is -0.493 e. The lowest BCUT2D eigenvalue weighted by atomic mass is 10.1. The van der Waals surface area contributed by atoms with Gasteiger partial charge < -0.3 is 10.1 Å². The van der Waals surface area contributed by atoms with Gasteiger partial charge in [-0.05, 0) is 54.8 Å². The third-order valence-electron chi connectivity index (χ3n) is 4.71. The molecule has 1 aromatic heterocycles. The molecule has 0 atom stereocenters. The van der Waals surface area contributed by atoms with Crippen LogP contribution in [0.4, 0.5) is 5.69 Å². The number of carbonyl (C=O) groups excluding carboxylic acids is 1. The Morgan fingerprint density at radius 3 is 2.70 bits per heavy atom. The fraction of sp³-hybridized carbons (Fsp3) is 0.200. The Kier molecular flexibility index (Phi) is 5.81. The molecule has 5 heteroatoms. The average molecular weight is 417 g/mol. The van der Waals surface area contributed by atoms with E-state index < -0.39 is 0 Å². The van der Waals surface area contributed by atoms with E-state index in [9.17, 15) is 4.79 Å². The molecule has 1 N–H and O–H groups in total. The molecular weight excluding hydrogens is 392 g/mol. The number of nitrogens with one attached hydrogen (secondary N) is 1. The van der Waals surface area contributed by atoms with Gasteiger partial charge in [-0.25, -0.2) is 4.98 Å². The maximum atomic E-state index is 12.9. The fourth-order valence-corrected chi connectivity index (χ4v) is 4.03. The summed E-state index contributed by atoms with van der Waals surface area (Å²) in [7, 11) is 0. The van der Waals surface area contributed by atoms with E-state index in [0.29, 0.717) is 23.8 Å². The maximum Gasteiger partial charge on any atom is 0.255 e. The van der Waals surface area contributed by atoms with E-state index in [2.05, 4.69) is 25.2 Å². The van der Waals surface area contributed by atoms with Crippen LogP contribution in [0.3, 0.4) is 0 Å². The molecule has 4 nitrogen and oxygen atoms in total. The highest BCUT2D eigenvalue weighted by Crippen LogP contribution is 2.32. The molecule has 0 unspecified atom stereocenters. The molecule has 30 heavy (non-hydrogen) atoms. The second-order valence-corrected chi connectivity index (χ2v) is 8.73. The normalized spacial score (nSPS) is 11.1. The molecule has 3 aromatic carbocycles. The minimum absolute atomic E-state index is 0.158. The molecular formula is C25H24N2O2S. The van der Waals surface area contributed by atoms with E-state index >= 15 is 0 Å². The maximum absolute atomic E-state index is 12.9. The largest absolute Gasteiger partial charge is 0.493 e. The number of fused-ring (bicyclic) bond motifs is 1. The number of aromatic nitrogens is 1. The van der Waals surface area contributed by atoms with Gasteiger partial charge in [0, 0.05) is 16.8 Å². The van der Waals surface area contributed by atoms with Crippen LogP contribution < -0.4 is 10.1 Å². The molecule has 0 fully saturated rings. The molecule has 0 saturated carbocycles. The predicted octanol–water partition coefficient (Wildman–Crippen LogP) is 6.56. The molecule has 0 aliphatic heterocycles. The van der Waals surface area contributed by atoms with Crippen molar-refractivity contribution in [2.75, 3.05) is 11.9 Å². The standard InChI is InChI=1S/C25H24N2O2S/c1-16(2)15-29-20-8-6-7-18(13-20)24(28)26-22-14-19(12-11-17(22)3)25-27-21-9-4-5-10-23(21)30-25/h4-14,16H,15H2,1-3H3,(H,26,28). The van der Waals surface area contributed by atoms with Crippen LogP contribution in [0.15, 0.2) is 66.7 Å². The Balaban J connectivity index is 1.56. The van der Waals surface area contributed by atoms with Gasteiger partial charge >= 0.3 is 0 Å². The number of nitrogens with zero attached hydrogens (tertiary/aromatic N) is 1. The summed E-state index contributed by atoms with van der Waals surface area (Å²) in [6.07, 6.45) is 0. The van der Waals surface area contributed by atoms with Crippen molar-refractivity contribution >= 4 is 33.1 Å². The lowest BCUT2D eigenvalue weighted by Crippen LogP contribution is -2.13. The van der Waals surface area contributed by atoms with Gasteiger partial charge in [-0.1, -0.05) is 44.2 Å². The highest BCUT2D eigenvalue weighted by molar-refractivity contribution is 7.21. The number of rotatable bonds is 6. The molecule has 0 saturated heterocycles. The Hall–Kier alpha value is -3.18. The van der Waals surface area contributed by atoms with Crippen molar-refractivity contribution in [3.63, 3.8) is 0 Å². The van der Waals surface area contributed by atoms with Gasteiger partial charge in [-0.15, -0.1) is 11.3 Å². The van der Waals surface area contributed by atoms with E-state index in [1.165, 1.54) is 0 Å². The van der Waals surface area contributed by atoms with Crippen LogP contribution in [0.5, 0.6) is 5.75 Å². The van der Waals surface area contributed by atoms with Crippen molar-refractivity contribution in [2.24, 2.45) is 5.92 Å². The molecule has 0 spiro atoms. The molecule has 0 aliphatic rings. The van der Waals surface area contributed by atoms with Crippen molar-refractivity contribution in [1.29, 1.82) is 0 Å². The SMILES string of the molecule is Cc1ccc(-c2nc3ccccc3s2)cc1NC(=O)c1cccc(OCC(C)C)c1. The van der Waals surface area contributed by atoms with Gasteiger partial charge in [-0.2, -0.15) is 0 Å². The Labute approximate surface area is 180 Å². The quantitative estimate of drug-likeness (QED) is 0.387. The number of thiazole rings is 1. The van der Waals surface area contributed by atoms with Crippen LogP contribution in [0.1, 0.15) is 29.8 Å². The number of benzene rings is 3. The number of aryl methyl sites for hydroxylation is 1. The van der Waals surface area contributed by atoms with Gasteiger partial charge in [0.25, 0.3) is 5.91 Å². The lowest BCUT2D eigenvalue weighted by molar-refractivity contribution is 0.102. The fourth-order valence-electron chi connectivity index (χ4n) is 3.07. The Morgan fingerprint density at radius 2 is 1.90 bits per heavy atom. The number of hydrogen-bond acceptors (Lipinski definition) is 4. The molecule has 0 radical (unpaired) electrons. The summed E-state index contributed by atoms with van der Waals surface area (Å²) in [5.74, 6) is 0.973. The summed E-state index contributed by atoms with van der Waals surface area (Å²) in [5.41, 5.74) is 4.33. The molecule has 1 heterocycles. The summed E-state index contributed by atoms with van der Waals surface area (Å²) < 4.78 is 6.90.